The second kappa shape index (κ2) is 40.9. The van der Waals surface area contributed by atoms with Gasteiger partial charge in [0.2, 0.25) is 5.69 Å². The Hall–Kier alpha value is -5.37. The number of carboxylic acids is 1. The largest absolute Gasteiger partial charge is 0.744 e. The maximum atomic E-state index is 12.9. The predicted molar refractivity (Wildman–Crippen MR) is 366 cm³/mol. The molecule has 2 N–H and O–H groups in total. The van der Waals surface area contributed by atoms with E-state index in [4.69, 9.17) is 56.8 Å². The van der Waals surface area contributed by atoms with Crippen LogP contribution >= 0.6 is 0 Å². The minimum Gasteiger partial charge on any atom is -0.744 e. The second-order valence-electron chi connectivity index (χ2n) is 23.9. The van der Waals surface area contributed by atoms with Gasteiger partial charge in [-0.3, -0.25) is 9.35 Å². The van der Waals surface area contributed by atoms with Crippen molar-refractivity contribution in [3.63, 3.8) is 0 Å². The minimum atomic E-state index is -5.46. The molecule has 2 heterocycles. The number of hydrogen-bond donors (Lipinski definition) is 2. The van der Waals surface area contributed by atoms with Gasteiger partial charge in [0, 0.05) is 86.7 Å². The third-order valence-electron chi connectivity index (χ3n) is 16.7. The molecule has 0 amide bonds. The van der Waals surface area contributed by atoms with E-state index in [0.717, 1.165) is 12.1 Å². The molecular formula is C66H91N2O29S5-3. The molecule has 31 nitrogen and oxygen atoms in total. The molecule has 0 saturated heterocycles. The van der Waals surface area contributed by atoms with Gasteiger partial charge in [-0.1, -0.05) is 30.7 Å². The van der Waals surface area contributed by atoms with E-state index in [2.05, 4.69) is 0 Å². The fourth-order valence-electron chi connectivity index (χ4n) is 12.0. The standard InChI is InChI=1S/C66H94N2O29S5/c1-65(19-23-88-29-31-92-37-39-96-43-41-94-35-33-90-27-25-86-3)60(67(21-10-6-9-14-62(69)70)56-17-15-52-54(63(56)65)46-50(99(74,75)76)48-58(52)101(80,81)82)12-7-5-8-13-61-66(2,20-24-89-30-32-93-38-40-97-44-42-95-36-34-91-28-26-87-4)64-55-47-51(100(77,78)79)49-59(102(83,84)85)53(55)16-18-57(64)68(61)22-11-45-98(71,72)73/h5,7-8,12-13,15-18,46-49H,6,9-11,14,19-45H2,1-4H3,(H5-,69,70,71,72,73,74,75,76,77,78,79,80,81,82,83,84,85)/p-3. The number of rotatable bonds is 53. The number of unbranched alkanes of at least 4 members (excludes halogenated alkanes) is 2. The van der Waals surface area contributed by atoms with E-state index >= 15 is 0 Å². The van der Waals surface area contributed by atoms with Gasteiger partial charge in [0.25, 0.3) is 10.1 Å². The van der Waals surface area contributed by atoms with Crippen molar-refractivity contribution >= 4 is 95.2 Å². The Bertz CT molecular complexity index is 4150. The van der Waals surface area contributed by atoms with Crippen LogP contribution in [-0.2, 0) is 123 Å². The average Bonchev–Trinajstić information content (AvgIpc) is 1.54. The summed E-state index contributed by atoms with van der Waals surface area (Å²) in [4.78, 5) is 9.52. The SMILES string of the molecule is COCCOCCOCCOCCOCCOCCC1(C)C(/C=C/C=C/C=C2/N(CCCCCC(=O)O)c3ccc4c(S(=O)(=O)[O-])cc(S(=O)(=O)[O-])cc4c3C2(C)CCOCCOCCOCCOCCOCCOC)=[N+](CCCS(=O)(=O)O)c2ccc3c(S(=O)(=O)[O-])cc(S(=O)(=O)[O-])cc3c21. The Balaban J connectivity index is 1.37. The van der Waals surface area contributed by atoms with E-state index in [1.807, 2.05) is 4.90 Å². The molecule has 0 saturated carbocycles. The van der Waals surface area contributed by atoms with Gasteiger partial charge in [0.15, 0.2) is 5.71 Å². The lowest BCUT2D eigenvalue weighted by Gasteiger charge is -2.31. The number of nitrogens with zero attached hydrogens (tertiary/aromatic N) is 2. The zero-order valence-electron chi connectivity index (χ0n) is 57.5. The molecule has 0 bridgehead atoms. The van der Waals surface area contributed by atoms with Crippen LogP contribution in [0.25, 0.3) is 21.5 Å². The first-order valence-corrected chi connectivity index (χ1v) is 40.1. The number of fused-ring (bicyclic) bond motifs is 6. The summed E-state index contributed by atoms with van der Waals surface area (Å²) in [5.41, 5.74) is -0.476. The Labute approximate surface area is 596 Å². The van der Waals surface area contributed by atoms with E-state index in [0.29, 0.717) is 133 Å². The highest BCUT2D eigenvalue weighted by Crippen LogP contribution is 2.54. The molecule has 0 aromatic heterocycles. The van der Waals surface area contributed by atoms with Crippen molar-refractivity contribution in [1.82, 2.24) is 0 Å². The van der Waals surface area contributed by atoms with E-state index in [1.165, 1.54) is 18.2 Å². The molecule has 2 aliphatic rings. The maximum Gasteiger partial charge on any atom is 0.303 e. The van der Waals surface area contributed by atoms with Crippen LogP contribution in [-0.4, -0.2) is 265 Å². The second-order valence-corrected chi connectivity index (χ2v) is 30.9. The van der Waals surface area contributed by atoms with Gasteiger partial charge in [0.05, 0.1) is 163 Å². The lowest BCUT2D eigenvalue weighted by Crippen LogP contribution is -2.33. The smallest absolute Gasteiger partial charge is 0.303 e. The van der Waals surface area contributed by atoms with Gasteiger partial charge in [-0.2, -0.15) is 13.0 Å². The van der Waals surface area contributed by atoms with Crippen LogP contribution in [0.5, 0.6) is 0 Å². The first-order chi connectivity index (χ1) is 48.4. The number of ether oxygens (including phenoxy) is 12. The Morgan fingerprint density at radius 1 is 0.480 bits per heavy atom. The van der Waals surface area contributed by atoms with Crippen molar-refractivity contribution in [3.05, 3.63) is 95.7 Å². The third kappa shape index (κ3) is 25.7. The fraction of sp³-hybridized carbons (Fsp3) is 0.576. The first-order valence-electron chi connectivity index (χ1n) is 32.8. The highest BCUT2D eigenvalue weighted by atomic mass is 32.2. The van der Waals surface area contributed by atoms with Crippen LogP contribution < -0.4 is 4.90 Å². The van der Waals surface area contributed by atoms with Gasteiger partial charge in [-0.25, -0.2) is 33.7 Å². The molecule has 4 aromatic carbocycles. The monoisotopic (exact) mass is 1540 g/mol. The summed E-state index contributed by atoms with van der Waals surface area (Å²) >= 11 is 0. The molecule has 2 aliphatic heterocycles. The van der Waals surface area contributed by atoms with Crippen LogP contribution in [0.1, 0.15) is 69.9 Å². The number of carbonyl (C=O) groups is 1. The normalized spacial score (nSPS) is 17.3. The average molecular weight is 1540 g/mol. The summed E-state index contributed by atoms with van der Waals surface area (Å²) in [6, 6.07) is 8.65. The Kier molecular flexibility index (Phi) is 34.3. The lowest BCUT2D eigenvalue weighted by atomic mass is 9.75. The van der Waals surface area contributed by atoms with Crippen LogP contribution in [0.2, 0.25) is 0 Å². The van der Waals surface area contributed by atoms with Crippen LogP contribution in [0.4, 0.5) is 11.4 Å². The molecule has 0 fully saturated rings. The third-order valence-corrected chi connectivity index (χ3v) is 20.9. The molecular weight excluding hydrogens is 1450 g/mol. The van der Waals surface area contributed by atoms with Crippen LogP contribution in [0, 0.1) is 0 Å². The van der Waals surface area contributed by atoms with E-state index in [1.54, 1.807) is 69.1 Å². The van der Waals surface area contributed by atoms with Gasteiger partial charge >= 0.3 is 5.97 Å². The molecule has 572 valence electrons. The van der Waals surface area contributed by atoms with Crippen LogP contribution in [0.3, 0.4) is 0 Å². The molecule has 2 atom stereocenters. The molecule has 6 rings (SSSR count). The number of benzene rings is 4. The molecule has 2 unspecified atom stereocenters. The molecule has 4 aromatic rings. The maximum absolute atomic E-state index is 12.9. The predicted octanol–water partition coefficient (Wildman–Crippen LogP) is 4.90. The number of anilines is 1. The summed E-state index contributed by atoms with van der Waals surface area (Å²) in [5.74, 6) is -1.72. The molecule has 0 radical (unpaired) electrons. The number of allylic oxidation sites excluding steroid dienone is 6. The van der Waals surface area contributed by atoms with Gasteiger partial charge < -0.3 is 85.1 Å². The summed E-state index contributed by atoms with van der Waals surface area (Å²) in [6.07, 6.45) is 9.13. The highest BCUT2D eigenvalue weighted by Gasteiger charge is 2.49. The van der Waals surface area contributed by atoms with Crippen LogP contribution in [0.15, 0.2) is 104 Å². The lowest BCUT2D eigenvalue weighted by molar-refractivity contribution is -0.437. The van der Waals surface area contributed by atoms with Gasteiger partial charge in [0.1, 0.15) is 47.0 Å². The van der Waals surface area contributed by atoms with Gasteiger partial charge in [-0.15, -0.1) is 0 Å². The molecule has 0 spiro atoms. The van der Waals surface area contributed by atoms with Crippen molar-refractivity contribution < 1.29 is 136 Å². The van der Waals surface area contributed by atoms with Crippen molar-refractivity contribution in [2.45, 2.75) is 89.2 Å². The zero-order valence-corrected chi connectivity index (χ0v) is 61.6. The molecule has 0 aliphatic carbocycles. The zero-order chi connectivity index (χ0) is 74.6. The molecule has 102 heavy (non-hydrogen) atoms. The number of carboxylic acid groups (broad SMARTS) is 1. The minimum absolute atomic E-state index is 0.00162. The highest BCUT2D eigenvalue weighted by molar-refractivity contribution is 7.87. The summed E-state index contributed by atoms with van der Waals surface area (Å²) < 4.78 is 257. The molecule has 36 heteroatoms. The van der Waals surface area contributed by atoms with E-state index in [-0.39, 0.29) is 138 Å². The summed E-state index contributed by atoms with van der Waals surface area (Å²) in [6.45, 7) is 9.55. The number of methoxy groups -OCH3 is 2. The Morgan fingerprint density at radius 2 is 0.892 bits per heavy atom. The first kappa shape index (κ1) is 85.6. The van der Waals surface area contributed by atoms with Gasteiger partial charge in [-0.05, 0) is 104 Å². The Morgan fingerprint density at radius 3 is 1.30 bits per heavy atom. The van der Waals surface area contributed by atoms with Crippen molar-refractivity contribution in [2.24, 2.45) is 0 Å². The van der Waals surface area contributed by atoms with E-state index < -0.39 is 92.7 Å². The fourth-order valence-corrected chi connectivity index (χ4v) is 15.1. The van der Waals surface area contributed by atoms with Crippen molar-refractivity contribution in [1.29, 1.82) is 0 Å². The van der Waals surface area contributed by atoms with Crippen molar-refractivity contribution in [3.8, 4) is 0 Å². The summed E-state index contributed by atoms with van der Waals surface area (Å²) in [5, 5.41) is 8.92. The number of hydrogen-bond acceptors (Lipinski definition) is 28. The topological polar surface area (TPSA) is 437 Å². The van der Waals surface area contributed by atoms with Crippen molar-refractivity contribution in [2.75, 3.05) is 183 Å². The number of aliphatic carboxylic acids is 1. The quantitative estimate of drug-likeness (QED) is 0.0257. The van der Waals surface area contributed by atoms with E-state index in [9.17, 15) is 74.8 Å². The summed E-state index contributed by atoms with van der Waals surface area (Å²) in [7, 11) is -23.1.